The summed E-state index contributed by atoms with van der Waals surface area (Å²) in [6.45, 7) is 3.16. The number of carboxylic acids is 1. The third-order valence-corrected chi connectivity index (χ3v) is 1.43. The van der Waals surface area contributed by atoms with Gasteiger partial charge in [-0.25, -0.2) is 0 Å². The van der Waals surface area contributed by atoms with Crippen LogP contribution in [0.15, 0.2) is 0 Å². The maximum Gasteiger partial charge on any atom is 0.304 e. The van der Waals surface area contributed by atoms with E-state index >= 15 is 0 Å². The van der Waals surface area contributed by atoms with Gasteiger partial charge in [-0.2, -0.15) is 0 Å². The summed E-state index contributed by atoms with van der Waals surface area (Å²) in [4.78, 5) is 10.1. The Morgan fingerprint density at radius 1 is 1.73 bits per heavy atom. The van der Waals surface area contributed by atoms with Gasteiger partial charge in [0.25, 0.3) is 0 Å². The van der Waals surface area contributed by atoms with E-state index in [1.807, 2.05) is 6.92 Å². The quantitative estimate of drug-likeness (QED) is 0.502. The molecule has 0 amide bonds. The van der Waals surface area contributed by atoms with Crippen molar-refractivity contribution in [1.82, 2.24) is 5.32 Å². The Bertz CT molecular complexity index is 117. The van der Waals surface area contributed by atoms with Crippen molar-refractivity contribution in [3.63, 3.8) is 0 Å². The zero-order chi connectivity index (χ0) is 8.69. The zero-order valence-electron chi connectivity index (χ0n) is 6.84. The number of carbonyl (C=O) groups is 1. The molecule has 0 radical (unpaired) electrons. The first-order chi connectivity index (χ1) is 5.16. The molecule has 0 bridgehead atoms. The molecule has 0 aliphatic carbocycles. The highest BCUT2D eigenvalue weighted by molar-refractivity contribution is 5.66. The summed E-state index contributed by atoms with van der Waals surface area (Å²) in [5.41, 5.74) is 5.30. The van der Waals surface area contributed by atoms with Gasteiger partial charge >= 0.3 is 5.97 Å². The Balaban J connectivity index is 3.16. The predicted octanol–water partition coefficient (Wildman–Crippen LogP) is -0.212. The molecule has 0 saturated carbocycles. The molecule has 4 N–H and O–H groups in total. The third-order valence-electron chi connectivity index (χ3n) is 1.43. The minimum Gasteiger partial charge on any atom is -0.481 e. The smallest absolute Gasteiger partial charge is 0.304 e. The van der Waals surface area contributed by atoms with E-state index in [4.69, 9.17) is 10.8 Å². The fourth-order valence-corrected chi connectivity index (χ4v) is 0.778. The fraction of sp³-hybridized carbons (Fsp3) is 0.857. The maximum absolute atomic E-state index is 10.1. The van der Waals surface area contributed by atoms with Crippen LogP contribution in [-0.4, -0.2) is 30.2 Å². The second-order valence-corrected chi connectivity index (χ2v) is 2.58. The Labute approximate surface area is 66.8 Å². The van der Waals surface area contributed by atoms with E-state index in [-0.39, 0.29) is 6.42 Å². The minimum absolute atomic E-state index is 0.176. The Morgan fingerprint density at radius 3 is 2.82 bits per heavy atom. The molecule has 0 aromatic heterocycles. The standard InChI is InChI=1S/C7H16N2O2/c1-6(2-4-8)9-5-3-7(10)11/h6,9H,2-5,8H2,1H3,(H,10,11). The summed E-state index contributed by atoms with van der Waals surface area (Å²) in [6.07, 6.45) is 1.06. The van der Waals surface area contributed by atoms with Crippen molar-refractivity contribution in [3.8, 4) is 0 Å². The first-order valence-electron chi connectivity index (χ1n) is 3.82. The van der Waals surface area contributed by atoms with Crippen LogP contribution in [0, 0.1) is 0 Å². The summed E-state index contributed by atoms with van der Waals surface area (Å²) in [6, 6.07) is 0.319. The number of nitrogens with two attached hydrogens (primary N) is 1. The average molecular weight is 160 g/mol. The molecule has 66 valence electrons. The lowest BCUT2D eigenvalue weighted by molar-refractivity contribution is -0.136. The van der Waals surface area contributed by atoms with Crippen molar-refractivity contribution in [2.75, 3.05) is 13.1 Å². The van der Waals surface area contributed by atoms with Crippen LogP contribution >= 0.6 is 0 Å². The molecule has 1 unspecified atom stereocenters. The van der Waals surface area contributed by atoms with Crippen LogP contribution in [-0.2, 0) is 4.79 Å². The summed E-state index contributed by atoms with van der Waals surface area (Å²) >= 11 is 0. The van der Waals surface area contributed by atoms with Crippen molar-refractivity contribution in [2.24, 2.45) is 5.73 Å². The average Bonchev–Trinajstić information content (AvgIpc) is 1.87. The van der Waals surface area contributed by atoms with Crippen LogP contribution in [0.25, 0.3) is 0 Å². The SMILES string of the molecule is CC(CCN)NCCC(=O)O. The second-order valence-electron chi connectivity index (χ2n) is 2.58. The van der Waals surface area contributed by atoms with Gasteiger partial charge in [-0.3, -0.25) is 4.79 Å². The molecule has 1 atom stereocenters. The fourth-order valence-electron chi connectivity index (χ4n) is 0.778. The zero-order valence-corrected chi connectivity index (χ0v) is 6.84. The summed E-state index contributed by atoms with van der Waals surface area (Å²) in [5, 5.41) is 11.3. The molecule has 0 saturated heterocycles. The van der Waals surface area contributed by atoms with Crippen molar-refractivity contribution in [2.45, 2.75) is 25.8 Å². The number of nitrogens with one attached hydrogen (secondary N) is 1. The topological polar surface area (TPSA) is 75.3 Å². The molecule has 0 aliphatic heterocycles. The number of hydrogen-bond donors (Lipinski definition) is 3. The van der Waals surface area contributed by atoms with E-state index in [0.717, 1.165) is 6.42 Å². The number of aliphatic carboxylic acids is 1. The predicted molar refractivity (Wildman–Crippen MR) is 43.4 cm³/mol. The van der Waals surface area contributed by atoms with E-state index < -0.39 is 5.97 Å². The first kappa shape index (κ1) is 10.4. The molecule has 0 rings (SSSR count). The number of carboxylic acid groups (broad SMARTS) is 1. The molecule has 0 aromatic carbocycles. The summed E-state index contributed by atoms with van der Waals surface area (Å²) in [7, 11) is 0. The Kier molecular flexibility index (Phi) is 5.78. The van der Waals surface area contributed by atoms with Crippen molar-refractivity contribution in [3.05, 3.63) is 0 Å². The molecule has 0 aromatic rings. The number of hydrogen-bond acceptors (Lipinski definition) is 3. The van der Waals surface area contributed by atoms with E-state index in [2.05, 4.69) is 5.32 Å². The van der Waals surface area contributed by atoms with E-state index in [1.165, 1.54) is 0 Å². The van der Waals surface area contributed by atoms with Gasteiger partial charge in [0, 0.05) is 12.6 Å². The lowest BCUT2D eigenvalue weighted by Crippen LogP contribution is -2.30. The summed E-state index contributed by atoms with van der Waals surface area (Å²) < 4.78 is 0. The van der Waals surface area contributed by atoms with Gasteiger partial charge in [0.1, 0.15) is 0 Å². The lowest BCUT2D eigenvalue weighted by Gasteiger charge is -2.10. The highest BCUT2D eigenvalue weighted by atomic mass is 16.4. The molecular formula is C7H16N2O2. The van der Waals surface area contributed by atoms with Crippen LogP contribution in [0.1, 0.15) is 19.8 Å². The highest BCUT2D eigenvalue weighted by Gasteiger charge is 2.00. The maximum atomic E-state index is 10.1. The Hall–Kier alpha value is -0.610. The van der Waals surface area contributed by atoms with E-state index in [9.17, 15) is 4.79 Å². The van der Waals surface area contributed by atoms with Gasteiger partial charge < -0.3 is 16.2 Å². The van der Waals surface area contributed by atoms with Gasteiger partial charge in [-0.15, -0.1) is 0 Å². The molecule has 0 spiro atoms. The first-order valence-corrected chi connectivity index (χ1v) is 3.82. The van der Waals surface area contributed by atoms with Crippen LogP contribution in [0.3, 0.4) is 0 Å². The molecule has 0 fully saturated rings. The van der Waals surface area contributed by atoms with Crippen LogP contribution in [0.5, 0.6) is 0 Å². The highest BCUT2D eigenvalue weighted by Crippen LogP contribution is 1.87. The van der Waals surface area contributed by atoms with Gasteiger partial charge in [-0.05, 0) is 19.9 Å². The normalized spacial score (nSPS) is 12.9. The van der Waals surface area contributed by atoms with Crippen molar-refractivity contribution < 1.29 is 9.90 Å². The Morgan fingerprint density at radius 2 is 2.36 bits per heavy atom. The number of rotatable bonds is 6. The van der Waals surface area contributed by atoms with E-state index in [0.29, 0.717) is 19.1 Å². The van der Waals surface area contributed by atoms with Gasteiger partial charge in [0.05, 0.1) is 6.42 Å². The largest absolute Gasteiger partial charge is 0.481 e. The summed E-state index contributed by atoms with van der Waals surface area (Å²) in [5.74, 6) is -0.766. The van der Waals surface area contributed by atoms with Crippen molar-refractivity contribution in [1.29, 1.82) is 0 Å². The molecule has 4 nitrogen and oxygen atoms in total. The monoisotopic (exact) mass is 160 g/mol. The molecule has 0 heterocycles. The molecule has 0 aliphatic rings. The van der Waals surface area contributed by atoms with Gasteiger partial charge in [-0.1, -0.05) is 0 Å². The molecule has 11 heavy (non-hydrogen) atoms. The van der Waals surface area contributed by atoms with Gasteiger partial charge in [0.15, 0.2) is 0 Å². The third kappa shape index (κ3) is 7.29. The van der Waals surface area contributed by atoms with Crippen LogP contribution in [0.4, 0.5) is 0 Å². The van der Waals surface area contributed by atoms with Gasteiger partial charge in [0.2, 0.25) is 0 Å². The van der Waals surface area contributed by atoms with Crippen molar-refractivity contribution >= 4 is 5.97 Å². The van der Waals surface area contributed by atoms with Crippen LogP contribution < -0.4 is 11.1 Å². The van der Waals surface area contributed by atoms with E-state index in [1.54, 1.807) is 0 Å². The minimum atomic E-state index is -0.766. The molecular weight excluding hydrogens is 144 g/mol. The lowest BCUT2D eigenvalue weighted by atomic mass is 10.2. The second kappa shape index (κ2) is 6.12. The van der Waals surface area contributed by atoms with Crippen LogP contribution in [0.2, 0.25) is 0 Å². The molecule has 4 heteroatoms.